The van der Waals surface area contributed by atoms with E-state index >= 15 is 0 Å². The molecule has 1 heterocycles. The molecule has 0 fully saturated rings. The van der Waals surface area contributed by atoms with Crippen LogP contribution in [-0.2, 0) is 14.6 Å². The Hall–Kier alpha value is -1.47. The fourth-order valence-corrected chi connectivity index (χ4v) is 6.29. The molecule has 188 valence electrons. The van der Waals surface area contributed by atoms with Gasteiger partial charge in [0, 0.05) is 9.50 Å². The van der Waals surface area contributed by atoms with Crippen LogP contribution in [0.1, 0.15) is 37.0 Å². The summed E-state index contributed by atoms with van der Waals surface area (Å²) in [4.78, 5) is 31.2. The number of hydrogen-bond donors (Lipinski definition) is 0. The lowest BCUT2D eigenvalue weighted by Crippen LogP contribution is -2.46. The van der Waals surface area contributed by atoms with Crippen LogP contribution < -0.4 is 10.6 Å². The summed E-state index contributed by atoms with van der Waals surface area (Å²) < 4.78 is 32.7. The van der Waals surface area contributed by atoms with E-state index in [0.29, 0.717) is 9.99 Å². The van der Waals surface area contributed by atoms with Crippen molar-refractivity contribution in [2.24, 2.45) is 0 Å². The molecule has 3 rings (SSSR count). The van der Waals surface area contributed by atoms with Crippen molar-refractivity contribution >= 4 is 91.9 Å². The number of amides is 1. The molecule has 0 unspecified atom stereocenters. The maximum atomic E-state index is 13.7. The predicted octanol–water partition coefficient (Wildman–Crippen LogP) is 6.60. The third-order valence-electron chi connectivity index (χ3n) is 4.74. The standard InChI is InChI=1S/C22H21Br3ClN3O5S/c1-5-35(32,33)18-7-6-12(26)8-17(18)29(21(31)34-22(2,3)4)28-11-27-16-10-15(23)13(19(24)25)9-14(16)20(28)30/h6-11,19H,5H2,1-4H3. The first kappa shape index (κ1) is 28.1. The molecule has 0 aliphatic heterocycles. The molecule has 8 nitrogen and oxygen atoms in total. The fourth-order valence-electron chi connectivity index (χ4n) is 3.14. The first-order valence-electron chi connectivity index (χ1n) is 10.2. The van der Waals surface area contributed by atoms with Crippen molar-refractivity contribution in [3.8, 4) is 0 Å². The van der Waals surface area contributed by atoms with Gasteiger partial charge in [-0.25, -0.2) is 18.2 Å². The van der Waals surface area contributed by atoms with Crippen LogP contribution in [0.25, 0.3) is 10.9 Å². The van der Waals surface area contributed by atoms with E-state index in [9.17, 15) is 18.0 Å². The van der Waals surface area contributed by atoms with E-state index in [4.69, 9.17) is 16.3 Å². The third-order valence-corrected chi connectivity index (χ3v) is 8.42. The topological polar surface area (TPSA) is 98.6 Å². The highest BCUT2D eigenvalue weighted by Gasteiger charge is 2.31. The average molecular weight is 715 g/mol. The van der Waals surface area contributed by atoms with Gasteiger partial charge in [0.2, 0.25) is 0 Å². The van der Waals surface area contributed by atoms with E-state index in [-0.39, 0.29) is 30.5 Å². The van der Waals surface area contributed by atoms with Gasteiger partial charge in [0.05, 0.1) is 31.0 Å². The molecule has 13 heteroatoms. The van der Waals surface area contributed by atoms with Crippen molar-refractivity contribution in [1.29, 1.82) is 0 Å². The second-order valence-corrected chi connectivity index (χ2v) is 15.0. The van der Waals surface area contributed by atoms with Gasteiger partial charge in [0.15, 0.2) is 9.84 Å². The first-order valence-corrected chi connectivity index (χ1v) is 14.9. The molecule has 35 heavy (non-hydrogen) atoms. The number of ether oxygens (including phenoxy) is 1. The molecule has 2 aromatic carbocycles. The van der Waals surface area contributed by atoms with Crippen LogP contribution in [0.5, 0.6) is 0 Å². The Balaban J connectivity index is 2.39. The van der Waals surface area contributed by atoms with Crippen molar-refractivity contribution in [1.82, 2.24) is 9.66 Å². The molecule has 0 N–H and O–H groups in total. The molecule has 3 aromatic rings. The molecule has 0 aliphatic rings. The van der Waals surface area contributed by atoms with E-state index < -0.39 is 27.1 Å². The van der Waals surface area contributed by atoms with Gasteiger partial charge < -0.3 is 4.74 Å². The van der Waals surface area contributed by atoms with Crippen LogP contribution in [0.3, 0.4) is 0 Å². The smallest absolute Gasteiger partial charge is 0.434 e. The minimum Gasteiger partial charge on any atom is -0.442 e. The summed E-state index contributed by atoms with van der Waals surface area (Å²) in [6.45, 7) is 6.44. The van der Waals surface area contributed by atoms with E-state index in [1.54, 1.807) is 32.9 Å². The number of carbonyl (C=O) groups is 1. The summed E-state index contributed by atoms with van der Waals surface area (Å²) in [5.74, 6) is -0.232. The van der Waals surface area contributed by atoms with Crippen molar-refractivity contribution in [3.05, 3.63) is 62.1 Å². The summed E-state index contributed by atoms with van der Waals surface area (Å²) in [7, 11) is -3.82. The van der Waals surface area contributed by atoms with Crippen LogP contribution >= 0.6 is 59.4 Å². The number of carbonyl (C=O) groups excluding carboxylic acids is 1. The summed E-state index contributed by atoms with van der Waals surface area (Å²) >= 11 is 16.5. The number of alkyl halides is 2. The number of rotatable bonds is 5. The number of fused-ring (bicyclic) bond motifs is 1. The molecule has 0 bridgehead atoms. The minimum absolute atomic E-state index is 0.131. The normalized spacial score (nSPS) is 12.3. The predicted molar refractivity (Wildman–Crippen MR) is 148 cm³/mol. The molecule has 0 aliphatic carbocycles. The molecular weight excluding hydrogens is 693 g/mol. The van der Waals surface area contributed by atoms with Gasteiger partial charge in [0.1, 0.15) is 11.9 Å². The Morgan fingerprint density at radius 2 is 1.89 bits per heavy atom. The molecular formula is C22H21Br3ClN3O5S. The SMILES string of the molecule is CCS(=O)(=O)c1ccc(Cl)cc1N(C(=O)OC(C)(C)C)n1cnc2cc(Br)c(C(Br)Br)cc2c1=O. The summed E-state index contributed by atoms with van der Waals surface area (Å²) in [6, 6.07) is 7.29. The maximum absolute atomic E-state index is 13.7. The van der Waals surface area contributed by atoms with Gasteiger partial charge in [-0.05, 0) is 56.7 Å². The Kier molecular flexibility index (Phi) is 8.42. The Labute approximate surface area is 232 Å². The summed E-state index contributed by atoms with van der Waals surface area (Å²) in [5, 5.41) is 1.21. The Morgan fingerprint density at radius 3 is 2.46 bits per heavy atom. The summed E-state index contributed by atoms with van der Waals surface area (Å²) in [6.07, 6.45) is 0.163. The number of benzene rings is 2. The fraction of sp³-hybridized carbons (Fsp3) is 0.318. The molecule has 1 aromatic heterocycles. The van der Waals surface area contributed by atoms with Gasteiger partial charge in [-0.1, -0.05) is 66.3 Å². The van der Waals surface area contributed by atoms with Gasteiger partial charge in [-0.15, -0.1) is 0 Å². The number of nitrogens with zero attached hydrogens (tertiary/aromatic N) is 3. The Bertz CT molecular complexity index is 1470. The highest BCUT2D eigenvalue weighted by Crippen LogP contribution is 2.36. The van der Waals surface area contributed by atoms with Crippen LogP contribution in [0.4, 0.5) is 10.5 Å². The van der Waals surface area contributed by atoms with Gasteiger partial charge in [-0.3, -0.25) is 4.79 Å². The zero-order valence-corrected chi connectivity index (χ0v) is 25.4. The number of sulfone groups is 1. The highest BCUT2D eigenvalue weighted by molar-refractivity contribution is 9.24. The van der Waals surface area contributed by atoms with Crippen LogP contribution in [0.15, 0.2) is 50.8 Å². The van der Waals surface area contributed by atoms with Crippen molar-refractivity contribution in [2.75, 3.05) is 10.8 Å². The van der Waals surface area contributed by atoms with Gasteiger partial charge >= 0.3 is 6.09 Å². The van der Waals surface area contributed by atoms with E-state index in [2.05, 4.69) is 52.8 Å². The largest absolute Gasteiger partial charge is 0.442 e. The van der Waals surface area contributed by atoms with E-state index in [1.807, 2.05) is 0 Å². The molecule has 1 amide bonds. The quantitative estimate of drug-likeness (QED) is 0.277. The van der Waals surface area contributed by atoms with Gasteiger partial charge in [-0.2, -0.15) is 9.69 Å². The minimum atomic E-state index is -3.82. The Morgan fingerprint density at radius 1 is 1.23 bits per heavy atom. The highest BCUT2D eigenvalue weighted by atomic mass is 79.9. The number of aromatic nitrogens is 2. The zero-order valence-electron chi connectivity index (χ0n) is 19.1. The first-order chi connectivity index (χ1) is 16.2. The molecule has 0 saturated heterocycles. The zero-order chi connectivity index (χ0) is 26.3. The van der Waals surface area contributed by atoms with Crippen LogP contribution in [0.2, 0.25) is 5.02 Å². The lowest BCUT2D eigenvalue weighted by Gasteiger charge is -2.29. The second-order valence-electron chi connectivity index (χ2n) is 8.39. The number of hydrogen-bond acceptors (Lipinski definition) is 6. The van der Waals surface area contributed by atoms with E-state index in [0.717, 1.165) is 21.6 Å². The van der Waals surface area contributed by atoms with Crippen molar-refractivity contribution in [3.63, 3.8) is 0 Å². The van der Waals surface area contributed by atoms with Crippen molar-refractivity contribution in [2.45, 2.75) is 41.9 Å². The third kappa shape index (κ3) is 6.10. The maximum Gasteiger partial charge on any atom is 0.434 e. The molecule has 0 atom stereocenters. The number of anilines is 1. The molecule has 0 spiro atoms. The van der Waals surface area contributed by atoms with Gasteiger partial charge in [0.25, 0.3) is 5.56 Å². The summed E-state index contributed by atoms with van der Waals surface area (Å²) in [5.41, 5.74) is -0.597. The van der Waals surface area contributed by atoms with Crippen LogP contribution in [0, 0.1) is 0 Å². The van der Waals surface area contributed by atoms with E-state index in [1.165, 1.54) is 25.1 Å². The lowest BCUT2D eigenvalue weighted by molar-refractivity contribution is 0.0561. The molecule has 0 saturated carbocycles. The average Bonchev–Trinajstić information content (AvgIpc) is 2.73. The number of halogens is 4. The van der Waals surface area contributed by atoms with Crippen molar-refractivity contribution < 1.29 is 17.9 Å². The second kappa shape index (κ2) is 10.5. The molecule has 0 radical (unpaired) electrons. The van der Waals surface area contributed by atoms with Crippen LogP contribution in [-0.4, -0.2) is 35.5 Å². The lowest BCUT2D eigenvalue weighted by atomic mass is 10.2. The monoisotopic (exact) mass is 711 g/mol.